The van der Waals surface area contributed by atoms with Crippen molar-refractivity contribution in [1.82, 2.24) is 9.55 Å². The molecule has 2 heterocycles. The van der Waals surface area contributed by atoms with E-state index in [1.54, 1.807) is 6.07 Å². The Labute approximate surface area is 108 Å². The summed E-state index contributed by atoms with van der Waals surface area (Å²) in [6.07, 6.45) is 2.26. The number of hydrogen-bond acceptors (Lipinski definition) is 5. The average molecular weight is 258 g/mol. The first-order valence-electron chi connectivity index (χ1n) is 5.45. The second-order valence-electron chi connectivity index (χ2n) is 3.86. The minimum absolute atomic E-state index is 0.118. The standard InChI is InChI=1S/C12H10N4OS/c13-4-1-2-9(6-14)7-16-8-15-10-3-5-18-11(10)12(16)17/h3,5,8-9H,1-2,7H2/t9-/m1/s1. The molecule has 5 nitrogen and oxygen atoms in total. The zero-order chi connectivity index (χ0) is 13.0. The van der Waals surface area contributed by atoms with Crippen LogP contribution in [0.3, 0.4) is 0 Å². The molecule has 1 atom stereocenters. The molecule has 2 aromatic rings. The third-order valence-corrected chi connectivity index (χ3v) is 3.53. The molecule has 0 spiro atoms. The Morgan fingerprint density at radius 3 is 3.06 bits per heavy atom. The number of nitriles is 2. The lowest BCUT2D eigenvalue weighted by Crippen LogP contribution is -2.23. The zero-order valence-corrected chi connectivity index (χ0v) is 10.4. The van der Waals surface area contributed by atoms with Gasteiger partial charge < -0.3 is 0 Å². The molecular weight excluding hydrogens is 248 g/mol. The lowest BCUT2D eigenvalue weighted by Gasteiger charge is -2.08. The molecule has 0 fully saturated rings. The lowest BCUT2D eigenvalue weighted by atomic mass is 10.1. The van der Waals surface area contributed by atoms with Gasteiger partial charge in [-0.05, 0) is 17.9 Å². The number of thiophene rings is 1. The molecule has 0 aliphatic heterocycles. The fourth-order valence-corrected chi connectivity index (χ4v) is 2.47. The van der Waals surface area contributed by atoms with Crippen LogP contribution in [0.4, 0.5) is 0 Å². The van der Waals surface area contributed by atoms with Crippen LogP contribution >= 0.6 is 11.3 Å². The molecule has 0 saturated carbocycles. The van der Waals surface area contributed by atoms with Crippen molar-refractivity contribution in [2.75, 3.05) is 0 Å². The summed E-state index contributed by atoms with van der Waals surface area (Å²) < 4.78 is 2.05. The third-order valence-electron chi connectivity index (χ3n) is 2.64. The molecule has 2 aromatic heterocycles. The summed E-state index contributed by atoms with van der Waals surface area (Å²) >= 11 is 1.35. The van der Waals surface area contributed by atoms with E-state index in [2.05, 4.69) is 11.1 Å². The Morgan fingerprint density at radius 1 is 1.50 bits per heavy atom. The summed E-state index contributed by atoms with van der Waals surface area (Å²) in [6.45, 7) is 0.290. The van der Waals surface area contributed by atoms with Gasteiger partial charge in [-0.2, -0.15) is 10.5 Å². The summed E-state index contributed by atoms with van der Waals surface area (Å²) in [5, 5.41) is 19.3. The molecule has 0 bridgehead atoms. The van der Waals surface area contributed by atoms with Crippen LogP contribution in [0.2, 0.25) is 0 Å². The van der Waals surface area contributed by atoms with Crippen LogP contribution in [0.15, 0.2) is 22.6 Å². The van der Waals surface area contributed by atoms with Crippen LogP contribution in [-0.4, -0.2) is 9.55 Å². The molecular formula is C12H10N4OS. The molecule has 0 unspecified atom stereocenters. The van der Waals surface area contributed by atoms with E-state index in [9.17, 15) is 4.79 Å². The van der Waals surface area contributed by atoms with Crippen LogP contribution in [0.25, 0.3) is 10.2 Å². The highest BCUT2D eigenvalue weighted by molar-refractivity contribution is 7.17. The number of nitrogens with zero attached hydrogens (tertiary/aromatic N) is 4. The minimum atomic E-state index is -0.332. The summed E-state index contributed by atoms with van der Waals surface area (Å²) in [7, 11) is 0. The van der Waals surface area contributed by atoms with Crippen LogP contribution in [0, 0.1) is 28.6 Å². The van der Waals surface area contributed by atoms with Crippen LogP contribution in [0.5, 0.6) is 0 Å². The van der Waals surface area contributed by atoms with Crippen LogP contribution < -0.4 is 5.56 Å². The fraction of sp³-hybridized carbons (Fsp3) is 0.333. The molecule has 0 amide bonds. The fourth-order valence-electron chi connectivity index (χ4n) is 1.68. The van der Waals surface area contributed by atoms with Crippen LogP contribution in [0.1, 0.15) is 12.8 Å². The third kappa shape index (κ3) is 2.39. The van der Waals surface area contributed by atoms with E-state index in [-0.39, 0.29) is 18.0 Å². The molecule has 18 heavy (non-hydrogen) atoms. The Kier molecular flexibility index (Phi) is 3.71. The van der Waals surface area contributed by atoms with Gasteiger partial charge >= 0.3 is 0 Å². The number of aromatic nitrogens is 2. The molecule has 90 valence electrons. The average Bonchev–Trinajstić information content (AvgIpc) is 2.86. The first kappa shape index (κ1) is 12.3. The van der Waals surface area contributed by atoms with Gasteiger partial charge in [0.25, 0.3) is 5.56 Å². The van der Waals surface area contributed by atoms with E-state index < -0.39 is 0 Å². The molecule has 0 aliphatic carbocycles. The number of hydrogen-bond donors (Lipinski definition) is 0. The van der Waals surface area contributed by atoms with E-state index in [1.807, 2.05) is 11.4 Å². The SMILES string of the molecule is N#CCC[C@H](C#N)Cn1cnc2ccsc2c1=O. The van der Waals surface area contributed by atoms with Crippen molar-refractivity contribution in [3.05, 3.63) is 28.1 Å². The van der Waals surface area contributed by atoms with E-state index in [0.717, 1.165) is 0 Å². The Balaban J connectivity index is 2.26. The Bertz CT molecular complexity index is 688. The van der Waals surface area contributed by atoms with E-state index in [1.165, 1.54) is 22.2 Å². The highest BCUT2D eigenvalue weighted by atomic mass is 32.1. The minimum Gasteiger partial charge on any atom is -0.297 e. The predicted octanol–water partition coefficient (Wildman–Crippen LogP) is 1.90. The van der Waals surface area contributed by atoms with Gasteiger partial charge in [-0.3, -0.25) is 9.36 Å². The largest absolute Gasteiger partial charge is 0.297 e. The summed E-state index contributed by atoms with van der Waals surface area (Å²) in [5.41, 5.74) is 0.569. The van der Waals surface area contributed by atoms with Gasteiger partial charge in [0.2, 0.25) is 0 Å². The summed E-state index contributed by atoms with van der Waals surface area (Å²) in [4.78, 5) is 16.2. The molecule has 0 aromatic carbocycles. The van der Waals surface area contributed by atoms with Gasteiger partial charge in [-0.1, -0.05) is 0 Å². The first-order chi connectivity index (χ1) is 8.76. The van der Waals surface area contributed by atoms with Gasteiger partial charge in [-0.15, -0.1) is 11.3 Å². The molecule has 0 radical (unpaired) electrons. The topological polar surface area (TPSA) is 82.5 Å². The van der Waals surface area contributed by atoms with Crippen molar-refractivity contribution in [2.45, 2.75) is 19.4 Å². The maximum absolute atomic E-state index is 12.1. The first-order valence-corrected chi connectivity index (χ1v) is 6.33. The van der Waals surface area contributed by atoms with Gasteiger partial charge in [-0.25, -0.2) is 4.98 Å². The van der Waals surface area contributed by atoms with Crippen molar-refractivity contribution in [2.24, 2.45) is 5.92 Å². The van der Waals surface area contributed by atoms with Crippen molar-refractivity contribution in [1.29, 1.82) is 10.5 Å². The maximum Gasteiger partial charge on any atom is 0.271 e. The highest BCUT2D eigenvalue weighted by Crippen LogP contribution is 2.14. The quantitative estimate of drug-likeness (QED) is 0.838. The van der Waals surface area contributed by atoms with Gasteiger partial charge in [0, 0.05) is 13.0 Å². The van der Waals surface area contributed by atoms with E-state index >= 15 is 0 Å². The van der Waals surface area contributed by atoms with Crippen LogP contribution in [-0.2, 0) is 6.54 Å². The van der Waals surface area contributed by atoms with Crippen molar-refractivity contribution < 1.29 is 0 Å². The van der Waals surface area contributed by atoms with Crippen molar-refractivity contribution in [3.8, 4) is 12.1 Å². The van der Waals surface area contributed by atoms with Crippen molar-refractivity contribution in [3.63, 3.8) is 0 Å². The lowest BCUT2D eigenvalue weighted by molar-refractivity contribution is 0.499. The van der Waals surface area contributed by atoms with E-state index in [0.29, 0.717) is 23.1 Å². The number of rotatable bonds is 4. The predicted molar refractivity (Wildman–Crippen MR) is 67.8 cm³/mol. The summed E-state index contributed by atoms with van der Waals surface area (Å²) in [6, 6.07) is 5.92. The van der Waals surface area contributed by atoms with Gasteiger partial charge in [0.15, 0.2) is 0 Å². The van der Waals surface area contributed by atoms with Crippen molar-refractivity contribution >= 4 is 21.6 Å². The molecule has 0 N–H and O–H groups in total. The smallest absolute Gasteiger partial charge is 0.271 e. The zero-order valence-electron chi connectivity index (χ0n) is 9.54. The Hall–Kier alpha value is -2.18. The second kappa shape index (κ2) is 5.44. The van der Waals surface area contributed by atoms with Gasteiger partial charge in [0.05, 0.1) is 29.9 Å². The number of fused-ring (bicyclic) bond motifs is 1. The molecule has 0 aliphatic rings. The maximum atomic E-state index is 12.1. The summed E-state index contributed by atoms with van der Waals surface area (Å²) in [5.74, 6) is -0.332. The van der Waals surface area contributed by atoms with Gasteiger partial charge in [0.1, 0.15) is 4.70 Å². The molecule has 6 heteroatoms. The normalized spacial score (nSPS) is 11.9. The van der Waals surface area contributed by atoms with E-state index in [4.69, 9.17) is 10.5 Å². The Morgan fingerprint density at radius 2 is 2.33 bits per heavy atom. The second-order valence-corrected chi connectivity index (χ2v) is 4.78. The molecule has 2 rings (SSSR count). The molecule has 0 saturated heterocycles. The highest BCUT2D eigenvalue weighted by Gasteiger charge is 2.11. The monoisotopic (exact) mass is 258 g/mol.